The van der Waals surface area contributed by atoms with Gasteiger partial charge in [-0.05, 0) is 41.5 Å². The van der Waals surface area contributed by atoms with E-state index in [1.165, 1.54) is 6.20 Å². The van der Waals surface area contributed by atoms with Crippen molar-refractivity contribution in [1.29, 1.82) is 0 Å². The van der Waals surface area contributed by atoms with Gasteiger partial charge in [0.2, 0.25) is 5.88 Å². The average Bonchev–Trinajstić information content (AvgIpc) is 3.41. The average molecular weight is 466 g/mol. The van der Waals surface area contributed by atoms with Crippen LogP contribution in [-0.4, -0.2) is 32.8 Å². The molecule has 2 heterocycles. The molecule has 0 radical (unpaired) electrons. The molecule has 11 heteroatoms. The third kappa shape index (κ3) is 3.47. The van der Waals surface area contributed by atoms with E-state index in [0.29, 0.717) is 53.9 Å². The first-order valence-electron chi connectivity index (χ1n) is 10.6. The van der Waals surface area contributed by atoms with Crippen molar-refractivity contribution >= 4 is 21.6 Å². The molecule has 8 nitrogen and oxygen atoms in total. The Morgan fingerprint density at radius 1 is 1.31 bits per heavy atom. The lowest BCUT2D eigenvalue weighted by Crippen LogP contribution is -2.33. The number of hydrogen-bond donors (Lipinski definition) is 2. The second kappa shape index (κ2) is 7.24. The standard InChI is InChI=1S/C21H25F2N5O3S/c1-21(2)9-28-19(31-10-21)16(8-25-28)32(24,30)27-20(29)26-18-13-5-3-4-12(13)17(23)14-6-11(22)7-15(14)18/h8,11H,3-7,9-10H2,1-2H3,(H3,24,26,27,29,30)/t11-,32?/m1/s1. The van der Waals surface area contributed by atoms with E-state index in [9.17, 15) is 17.8 Å². The molecule has 0 fully saturated rings. The molecule has 1 unspecified atom stereocenters. The highest BCUT2D eigenvalue weighted by Crippen LogP contribution is 2.42. The number of hydrogen-bond acceptors (Lipinski definition) is 4. The predicted molar refractivity (Wildman–Crippen MR) is 114 cm³/mol. The van der Waals surface area contributed by atoms with Crippen LogP contribution in [0.5, 0.6) is 5.88 Å². The van der Waals surface area contributed by atoms with Gasteiger partial charge in [-0.3, -0.25) is 0 Å². The zero-order valence-corrected chi connectivity index (χ0v) is 18.7. The molecule has 1 aromatic carbocycles. The Kier molecular flexibility index (Phi) is 4.82. The SMILES string of the molecule is CC1(C)COc2c(S(N)(=O)=NC(=O)Nc3c4c(c(F)c5c3C[C@H](F)C5)CCC4)cnn2C1. The first-order valence-corrected chi connectivity index (χ1v) is 12.2. The third-order valence-corrected chi connectivity index (χ3v) is 7.62. The molecule has 32 heavy (non-hydrogen) atoms. The number of rotatable bonds is 2. The number of anilines is 1. The van der Waals surface area contributed by atoms with Crippen LogP contribution in [0.25, 0.3) is 0 Å². The Hall–Kier alpha value is -2.53. The highest BCUT2D eigenvalue weighted by molar-refractivity contribution is 7.91. The van der Waals surface area contributed by atoms with Crippen molar-refractivity contribution in [2.45, 2.75) is 63.6 Å². The molecule has 1 aliphatic heterocycles. The zero-order chi connectivity index (χ0) is 22.8. The number of benzene rings is 1. The van der Waals surface area contributed by atoms with Crippen molar-refractivity contribution < 1.29 is 22.5 Å². The van der Waals surface area contributed by atoms with Crippen LogP contribution in [0, 0.1) is 11.2 Å². The van der Waals surface area contributed by atoms with Gasteiger partial charge >= 0.3 is 6.03 Å². The number of fused-ring (bicyclic) bond motifs is 3. The number of aromatic nitrogens is 2. The Morgan fingerprint density at radius 3 is 2.81 bits per heavy atom. The van der Waals surface area contributed by atoms with Crippen LogP contribution >= 0.6 is 0 Å². The molecule has 2 atom stereocenters. The van der Waals surface area contributed by atoms with Crippen LogP contribution in [0.1, 0.15) is 42.5 Å². The van der Waals surface area contributed by atoms with Crippen molar-refractivity contribution in [3.05, 3.63) is 34.3 Å². The van der Waals surface area contributed by atoms with Crippen LogP contribution in [0.2, 0.25) is 0 Å². The largest absolute Gasteiger partial charge is 0.476 e. The summed E-state index contributed by atoms with van der Waals surface area (Å²) >= 11 is 0. The molecule has 2 amide bonds. The molecule has 5 rings (SSSR count). The molecule has 0 bridgehead atoms. The molecule has 3 N–H and O–H groups in total. The summed E-state index contributed by atoms with van der Waals surface area (Å²) < 4.78 is 53.1. The van der Waals surface area contributed by atoms with Crippen molar-refractivity contribution in [2.75, 3.05) is 11.9 Å². The van der Waals surface area contributed by atoms with E-state index in [1.54, 1.807) is 4.68 Å². The van der Waals surface area contributed by atoms with Gasteiger partial charge in [-0.1, -0.05) is 13.8 Å². The first-order chi connectivity index (χ1) is 15.1. The molecule has 3 aliphatic rings. The summed E-state index contributed by atoms with van der Waals surface area (Å²) in [5.74, 6) is -0.131. The lowest BCUT2D eigenvalue weighted by atomic mass is 9.94. The van der Waals surface area contributed by atoms with Crippen molar-refractivity contribution in [1.82, 2.24) is 9.78 Å². The van der Waals surface area contributed by atoms with Crippen molar-refractivity contribution in [3.63, 3.8) is 0 Å². The van der Waals surface area contributed by atoms with Gasteiger partial charge in [0.15, 0.2) is 9.92 Å². The van der Waals surface area contributed by atoms with Gasteiger partial charge in [0, 0.05) is 23.9 Å². The predicted octanol–water partition coefficient (Wildman–Crippen LogP) is 3.30. The number of halogens is 2. The minimum Gasteiger partial charge on any atom is -0.476 e. The van der Waals surface area contributed by atoms with Crippen LogP contribution in [-0.2, 0) is 42.1 Å². The van der Waals surface area contributed by atoms with Crippen LogP contribution < -0.4 is 15.2 Å². The summed E-state index contributed by atoms with van der Waals surface area (Å²) in [6.07, 6.45) is 1.97. The van der Waals surface area contributed by atoms with Gasteiger partial charge in [0.1, 0.15) is 16.9 Å². The Bertz CT molecular complexity index is 1260. The molecule has 2 aromatic rings. The molecule has 0 saturated carbocycles. The number of urea groups is 1. The van der Waals surface area contributed by atoms with E-state index < -0.39 is 22.1 Å². The van der Waals surface area contributed by atoms with Gasteiger partial charge < -0.3 is 10.1 Å². The summed E-state index contributed by atoms with van der Waals surface area (Å²) in [7, 11) is -3.66. The highest BCUT2D eigenvalue weighted by Gasteiger charge is 2.35. The van der Waals surface area contributed by atoms with Crippen molar-refractivity contribution in [3.8, 4) is 5.88 Å². The van der Waals surface area contributed by atoms with E-state index in [-0.39, 0.29) is 34.8 Å². The number of amides is 2. The summed E-state index contributed by atoms with van der Waals surface area (Å²) in [6, 6.07) is -0.932. The van der Waals surface area contributed by atoms with Crippen LogP contribution in [0.4, 0.5) is 19.3 Å². The maximum absolute atomic E-state index is 14.8. The number of alkyl halides is 1. The molecule has 172 valence electrons. The fourth-order valence-corrected chi connectivity index (χ4v) is 5.85. The Balaban J connectivity index is 1.49. The summed E-state index contributed by atoms with van der Waals surface area (Å²) in [6.45, 7) is 4.95. The van der Waals surface area contributed by atoms with Crippen LogP contribution in [0.3, 0.4) is 0 Å². The second-order valence-corrected chi connectivity index (χ2v) is 11.2. The van der Waals surface area contributed by atoms with Gasteiger partial charge in [-0.15, -0.1) is 4.36 Å². The number of carbonyl (C=O) groups excluding carboxylic acids is 1. The van der Waals surface area contributed by atoms with E-state index in [0.717, 1.165) is 6.42 Å². The second-order valence-electron chi connectivity index (χ2n) is 9.48. The summed E-state index contributed by atoms with van der Waals surface area (Å²) in [5.41, 5.74) is 2.17. The van der Waals surface area contributed by atoms with Gasteiger partial charge in [0.05, 0.1) is 19.3 Å². The van der Waals surface area contributed by atoms with E-state index >= 15 is 0 Å². The zero-order valence-electron chi connectivity index (χ0n) is 17.9. The fourth-order valence-electron chi connectivity index (χ4n) is 4.85. The normalized spacial score (nSPS) is 22.3. The number of nitrogens with zero attached hydrogens (tertiary/aromatic N) is 3. The Labute approximate surface area is 184 Å². The van der Waals surface area contributed by atoms with Gasteiger partial charge in [-0.25, -0.2) is 27.6 Å². The van der Waals surface area contributed by atoms with Crippen molar-refractivity contribution in [2.24, 2.45) is 14.9 Å². The van der Waals surface area contributed by atoms with E-state index in [4.69, 9.17) is 9.88 Å². The van der Waals surface area contributed by atoms with E-state index in [1.807, 2.05) is 13.8 Å². The molecule has 2 aliphatic carbocycles. The third-order valence-electron chi connectivity index (χ3n) is 6.27. The fraction of sp³-hybridized carbons (Fsp3) is 0.524. The lowest BCUT2D eigenvalue weighted by Gasteiger charge is -2.30. The van der Waals surface area contributed by atoms with Gasteiger partial charge in [0.25, 0.3) is 0 Å². The Morgan fingerprint density at radius 2 is 2.03 bits per heavy atom. The molecular weight excluding hydrogens is 440 g/mol. The highest BCUT2D eigenvalue weighted by atomic mass is 32.2. The maximum atomic E-state index is 14.8. The smallest absolute Gasteiger partial charge is 0.354 e. The molecule has 0 saturated heterocycles. The summed E-state index contributed by atoms with van der Waals surface area (Å²) in [5, 5.41) is 12.8. The quantitative estimate of drug-likeness (QED) is 0.709. The molecular formula is C21H25F2N5O3S. The minimum atomic E-state index is -3.66. The number of nitrogens with two attached hydrogens (primary N) is 1. The monoisotopic (exact) mass is 465 g/mol. The molecule has 1 aromatic heterocycles. The number of ether oxygens (including phenoxy) is 1. The maximum Gasteiger partial charge on any atom is 0.354 e. The van der Waals surface area contributed by atoms with Crippen LogP contribution in [0.15, 0.2) is 15.5 Å². The van der Waals surface area contributed by atoms with E-state index in [2.05, 4.69) is 14.8 Å². The first kappa shape index (κ1) is 21.3. The number of nitrogens with one attached hydrogen (secondary N) is 1. The summed E-state index contributed by atoms with van der Waals surface area (Å²) in [4.78, 5) is 12.8. The topological polar surface area (TPSA) is 112 Å². The minimum absolute atomic E-state index is 0.0156. The van der Waals surface area contributed by atoms with Gasteiger partial charge in [-0.2, -0.15) is 5.10 Å². The molecule has 0 spiro atoms. The number of carbonyl (C=O) groups is 1. The lowest BCUT2D eigenvalue weighted by molar-refractivity contribution is 0.0972.